The predicted octanol–water partition coefficient (Wildman–Crippen LogP) is -1.76. The van der Waals surface area contributed by atoms with Gasteiger partial charge >= 0.3 is 6.16 Å². The summed E-state index contributed by atoms with van der Waals surface area (Å²) in [6, 6.07) is 0. The van der Waals surface area contributed by atoms with E-state index < -0.39 is 37.7 Å². The normalized spacial score (nSPS) is 31.1. The van der Waals surface area contributed by atoms with Gasteiger partial charge in [0.15, 0.2) is 12.2 Å². The molecule has 0 aromatic rings. The molecule has 1 heterocycles. The molecule has 1 fully saturated rings. The minimum atomic E-state index is -1.21. The summed E-state index contributed by atoms with van der Waals surface area (Å²) in [5.41, 5.74) is 0. The molecule has 0 radical (unpaired) electrons. The van der Waals surface area contributed by atoms with Crippen LogP contribution in [0.1, 0.15) is 0 Å². The topological polar surface area (TPSA) is 96.2 Å². The minimum absolute atomic E-state index is 0.437. The fourth-order valence-electron chi connectivity index (χ4n) is 0.977. The van der Waals surface area contributed by atoms with Crippen molar-refractivity contribution in [2.45, 2.75) is 18.3 Å². The Morgan fingerprint density at radius 1 is 1.42 bits per heavy atom. The SMILES string of the molecule is O=C1O[C@H](CO)[C@H](C(O)CO)O1. The van der Waals surface area contributed by atoms with E-state index >= 15 is 0 Å². The van der Waals surface area contributed by atoms with Crippen LogP contribution in [0.25, 0.3) is 0 Å². The molecule has 3 atom stereocenters. The number of cyclic esters (lactones) is 2. The maximum absolute atomic E-state index is 10.5. The second-order valence-electron chi connectivity index (χ2n) is 2.42. The van der Waals surface area contributed by atoms with Crippen LogP contribution < -0.4 is 0 Å². The minimum Gasteiger partial charge on any atom is -0.424 e. The number of carbonyl (C=O) groups is 1. The third-order valence-corrected chi connectivity index (χ3v) is 1.59. The maximum Gasteiger partial charge on any atom is 0.509 e. The van der Waals surface area contributed by atoms with Crippen molar-refractivity contribution < 1.29 is 29.6 Å². The van der Waals surface area contributed by atoms with Gasteiger partial charge in [-0.05, 0) is 0 Å². The summed E-state index contributed by atoms with van der Waals surface area (Å²) < 4.78 is 8.95. The molecule has 3 N–H and O–H groups in total. The molecule has 1 aliphatic rings. The fourth-order valence-corrected chi connectivity index (χ4v) is 0.977. The lowest BCUT2D eigenvalue weighted by atomic mass is 10.1. The van der Waals surface area contributed by atoms with Crippen LogP contribution in [0.3, 0.4) is 0 Å². The number of aliphatic hydroxyl groups is 3. The fraction of sp³-hybridized carbons (Fsp3) is 0.833. The van der Waals surface area contributed by atoms with Crippen molar-refractivity contribution in [3.05, 3.63) is 0 Å². The Morgan fingerprint density at radius 3 is 2.58 bits per heavy atom. The van der Waals surface area contributed by atoms with E-state index in [4.69, 9.17) is 15.3 Å². The van der Waals surface area contributed by atoms with Crippen molar-refractivity contribution in [1.29, 1.82) is 0 Å². The third kappa shape index (κ3) is 1.66. The zero-order valence-electron chi connectivity index (χ0n) is 6.21. The Hall–Kier alpha value is -0.850. The van der Waals surface area contributed by atoms with E-state index in [1.165, 1.54) is 0 Å². The van der Waals surface area contributed by atoms with Gasteiger partial charge in [0.2, 0.25) is 0 Å². The molecule has 0 saturated carbocycles. The lowest BCUT2D eigenvalue weighted by molar-refractivity contribution is -0.0282. The summed E-state index contributed by atoms with van der Waals surface area (Å²) in [5, 5.41) is 26.2. The highest BCUT2D eigenvalue weighted by atomic mass is 16.8. The largest absolute Gasteiger partial charge is 0.509 e. The van der Waals surface area contributed by atoms with Crippen LogP contribution in [0.4, 0.5) is 4.79 Å². The standard InChI is InChI=1S/C6H10O6/c7-1-3(9)5-4(2-8)11-6(10)12-5/h3-5,7-9H,1-2H2/t3?,4-,5+/m1/s1. The van der Waals surface area contributed by atoms with Crippen molar-refractivity contribution in [3.8, 4) is 0 Å². The number of rotatable bonds is 3. The van der Waals surface area contributed by atoms with E-state index in [0.29, 0.717) is 0 Å². The summed E-state index contributed by atoms with van der Waals surface area (Å²) >= 11 is 0. The molecule has 1 saturated heterocycles. The van der Waals surface area contributed by atoms with E-state index in [-0.39, 0.29) is 0 Å². The van der Waals surface area contributed by atoms with Gasteiger partial charge in [0.05, 0.1) is 13.2 Å². The second-order valence-corrected chi connectivity index (χ2v) is 2.42. The molecule has 6 heteroatoms. The highest BCUT2D eigenvalue weighted by molar-refractivity contribution is 5.62. The maximum atomic E-state index is 10.5. The Labute approximate surface area is 68.3 Å². The highest BCUT2D eigenvalue weighted by Gasteiger charge is 2.40. The van der Waals surface area contributed by atoms with Gasteiger partial charge in [-0.3, -0.25) is 0 Å². The van der Waals surface area contributed by atoms with E-state index in [1.807, 2.05) is 0 Å². The first-order chi connectivity index (χ1) is 5.69. The number of carbonyl (C=O) groups excluding carboxylic acids is 1. The summed E-state index contributed by atoms with van der Waals surface area (Å²) in [6.07, 6.45) is -4.02. The van der Waals surface area contributed by atoms with Crippen LogP contribution in [0, 0.1) is 0 Å². The summed E-state index contributed by atoms with van der Waals surface area (Å²) in [7, 11) is 0. The molecule has 0 aliphatic carbocycles. The molecule has 0 bridgehead atoms. The summed E-state index contributed by atoms with van der Waals surface area (Å²) in [5.74, 6) is 0. The second kappa shape index (κ2) is 3.70. The molecule has 70 valence electrons. The van der Waals surface area contributed by atoms with Crippen LogP contribution in [-0.2, 0) is 9.47 Å². The van der Waals surface area contributed by atoms with Gasteiger partial charge in [-0.2, -0.15) is 0 Å². The predicted molar refractivity (Wildman–Crippen MR) is 35.3 cm³/mol. The van der Waals surface area contributed by atoms with Crippen LogP contribution >= 0.6 is 0 Å². The van der Waals surface area contributed by atoms with Gasteiger partial charge in [0.1, 0.15) is 6.10 Å². The average molecular weight is 178 g/mol. The molecule has 1 aliphatic heterocycles. The summed E-state index contributed by atoms with van der Waals surface area (Å²) in [6.45, 7) is -0.981. The monoisotopic (exact) mass is 178 g/mol. The molecule has 0 amide bonds. The van der Waals surface area contributed by atoms with Gasteiger partial charge in [0.25, 0.3) is 0 Å². The zero-order chi connectivity index (χ0) is 9.14. The molecular weight excluding hydrogens is 168 g/mol. The Bertz CT molecular complexity index is 169. The van der Waals surface area contributed by atoms with E-state index in [9.17, 15) is 4.79 Å². The van der Waals surface area contributed by atoms with Crippen molar-refractivity contribution in [3.63, 3.8) is 0 Å². The lowest BCUT2D eigenvalue weighted by Gasteiger charge is -2.16. The van der Waals surface area contributed by atoms with Gasteiger partial charge in [-0.15, -0.1) is 0 Å². The lowest BCUT2D eigenvalue weighted by Crippen LogP contribution is -2.39. The highest BCUT2D eigenvalue weighted by Crippen LogP contribution is 2.17. The van der Waals surface area contributed by atoms with Crippen LogP contribution in [0.2, 0.25) is 0 Å². The van der Waals surface area contributed by atoms with Gasteiger partial charge < -0.3 is 24.8 Å². The van der Waals surface area contributed by atoms with Gasteiger partial charge in [-0.1, -0.05) is 0 Å². The van der Waals surface area contributed by atoms with Crippen molar-refractivity contribution >= 4 is 6.16 Å². The smallest absolute Gasteiger partial charge is 0.424 e. The molecule has 6 nitrogen and oxygen atoms in total. The van der Waals surface area contributed by atoms with Crippen LogP contribution in [-0.4, -0.2) is 53.0 Å². The Morgan fingerprint density at radius 2 is 2.08 bits per heavy atom. The number of aliphatic hydroxyl groups excluding tert-OH is 3. The van der Waals surface area contributed by atoms with Crippen molar-refractivity contribution in [2.24, 2.45) is 0 Å². The molecule has 12 heavy (non-hydrogen) atoms. The number of ether oxygens (including phenoxy) is 2. The average Bonchev–Trinajstić information content (AvgIpc) is 2.45. The molecule has 1 unspecified atom stereocenters. The quantitative estimate of drug-likeness (QED) is 0.443. The Balaban J connectivity index is 2.56. The molecule has 1 rings (SSSR count). The first-order valence-corrected chi connectivity index (χ1v) is 3.46. The van der Waals surface area contributed by atoms with Crippen LogP contribution in [0.5, 0.6) is 0 Å². The van der Waals surface area contributed by atoms with E-state index in [2.05, 4.69) is 9.47 Å². The van der Waals surface area contributed by atoms with E-state index in [0.717, 1.165) is 0 Å². The first-order valence-electron chi connectivity index (χ1n) is 3.46. The Kier molecular flexibility index (Phi) is 2.85. The number of hydrogen-bond acceptors (Lipinski definition) is 6. The molecular formula is C6H10O6. The molecule has 0 aromatic carbocycles. The number of hydrogen-bond donors (Lipinski definition) is 3. The van der Waals surface area contributed by atoms with Gasteiger partial charge in [-0.25, -0.2) is 4.79 Å². The van der Waals surface area contributed by atoms with Gasteiger partial charge in [0, 0.05) is 0 Å². The molecule has 0 aromatic heterocycles. The van der Waals surface area contributed by atoms with Crippen molar-refractivity contribution in [2.75, 3.05) is 13.2 Å². The molecule has 0 spiro atoms. The first kappa shape index (κ1) is 9.24. The van der Waals surface area contributed by atoms with Crippen molar-refractivity contribution in [1.82, 2.24) is 0 Å². The zero-order valence-corrected chi connectivity index (χ0v) is 6.21. The van der Waals surface area contributed by atoms with Crippen LogP contribution in [0.15, 0.2) is 0 Å². The van der Waals surface area contributed by atoms with E-state index in [1.54, 1.807) is 0 Å². The summed E-state index contributed by atoms with van der Waals surface area (Å²) in [4.78, 5) is 10.5. The third-order valence-electron chi connectivity index (χ3n) is 1.59.